The van der Waals surface area contributed by atoms with Gasteiger partial charge in [0.05, 0.1) is 10.5 Å². The molecule has 1 saturated carbocycles. The van der Waals surface area contributed by atoms with E-state index in [0.29, 0.717) is 43.9 Å². The minimum absolute atomic E-state index is 0.0210. The first-order valence-corrected chi connectivity index (χ1v) is 13.2. The number of amides is 1. The van der Waals surface area contributed by atoms with Gasteiger partial charge in [0.1, 0.15) is 17.1 Å². The van der Waals surface area contributed by atoms with Gasteiger partial charge in [-0.1, -0.05) is 11.6 Å². The molecule has 2 aromatic carbocycles. The molecule has 2 fully saturated rings. The minimum Gasteiger partial charge on any atom is -0.433 e. The lowest BCUT2D eigenvalue weighted by Gasteiger charge is -2.31. The third-order valence-corrected chi connectivity index (χ3v) is 7.37. The molecule has 0 atom stereocenters. The largest absolute Gasteiger partial charge is 0.433 e. The number of Topliss-reactive ketones (excluding diaryl/α,β-unsaturated/α-hetero) is 1. The fourth-order valence-electron chi connectivity index (χ4n) is 4.91. The first kappa shape index (κ1) is 27.2. The molecule has 1 amide bonds. The number of nitrogens with one attached hydrogen (secondary N) is 1. The molecule has 0 radical (unpaired) electrons. The molecule has 2 heterocycles. The second-order valence-electron chi connectivity index (χ2n) is 10.2. The molecule has 1 aromatic heterocycles. The summed E-state index contributed by atoms with van der Waals surface area (Å²) in [6, 6.07) is 8.26. The Kier molecular flexibility index (Phi) is 7.43. The smallest absolute Gasteiger partial charge is 0.394 e. The van der Waals surface area contributed by atoms with Crippen molar-refractivity contribution in [3.05, 3.63) is 74.8 Å². The predicted molar refractivity (Wildman–Crippen MR) is 140 cm³/mol. The Morgan fingerprint density at radius 3 is 2.38 bits per heavy atom. The van der Waals surface area contributed by atoms with Gasteiger partial charge in [-0.25, -0.2) is 9.40 Å². The molecular formula is C28H27ClF3N3O4. The van der Waals surface area contributed by atoms with Gasteiger partial charge in [0.25, 0.3) is 5.91 Å². The summed E-state index contributed by atoms with van der Waals surface area (Å²) in [5, 5.41) is 1.74. The molecule has 1 N–H and O–H groups in total. The van der Waals surface area contributed by atoms with Crippen LogP contribution in [-0.2, 0) is 0 Å². The summed E-state index contributed by atoms with van der Waals surface area (Å²) in [7, 11) is 0. The van der Waals surface area contributed by atoms with E-state index in [1.54, 1.807) is 5.01 Å². The highest BCUT2D eigenvalue weighted by Gasteiger charge is 2.29. The quantitative estimate of drug-likeness (QED) is 0.354. The van der Waals surface area contributed by atoms with Gasteiger partial charge in [0, 0.05) is 49.6 Å². The summed E-state index contributed by atoms with van der Waals surface area (Å²) >= 11 is 5.95. The average Bonchev–Trinajstić information content (AvgIpc) is 3.71. The van der Waals surface area contributed by atoms with Gasteiger partial charge >= 0.3 is 6.11 Å². The summed E-state index contributed by atoms with van der Waals surface area (Å²) in [6.45, 7) is 1.61. The van der Waals surface area contributed by atoms with Gasteiger partial charge in [-0.2, -0.15) is 8.78 Å². The SMILES string of the molecule is CC(F)(F)Oc1ccc(C(=O)CC2CCN(NC(=O)c3cn(C4CC4)c4cc(Cl)c(F)cc4c3=O)CC2)cc1. The molecule has 1 aliphatic heterocycles. The number of ketones is 1. The molecule has 206 valence electrons. The number of rotatable bonds is 8. The molecule has 1 aliphatic carbocycles. The molecule has 11 heteroatoms. The maximum absolute atomic E-state index is 14.1. The summed E-state index contributed by atoms with van der Waals surface area (Å²) in [6.07, 6.45) is 1.58. The molecule has 2 aliphatic rings. The average molecular weight is 562 g/mol. The second-order valence-corrected chi connectivity index (χ2v) is 10.6. The molecule has 7 nitrogen and oxygen atoms in total. The number of pyridine rings is 1. The van der Waals surface area contributed by atoms with Gasteiger partial charge < -0.3 is 9.30 Å². The number of hydrazine groups is 1. The van der Waals surface area contributed by atoms with Crippen LogP contribution in [0.4, 0.5) is 13.2 Å². The van der Waals surface area contributed by atoms with Crippen LogP contribution < -0.4 is 15.6 Å². The van der Waals surface area contributed by atoms with Crippen LogP contribution in [0.15, 0.2) is 47.4 Å². The lowest BCUT2D eigenvalue weighted by atomic mass is 9.90. The first-order valence-electron chi connectivity index (χ1n) is 12.8. The van der Waals surface area contributed by atoms with Gasteiger partial charge in [0.15, 0.2) is 5.78 Å². The van der Waals surface area contributed by atoms with Crippen molar-refractivity contribution >= 4 is 34.2 Å². The van der Waals surface area contributed by atoms with Crippen molar-refractivity contribution in [3.8, 4) is 5.75 Å². The number of carbonyl (C=O) groups excluding carboxylic acids is 2. The standard InChI is InChI=1S/C28H27ClF3N3O4/c1-28(31,32)39-19-6-2-17(3-7-19)25(36)12-16-8-10-34(11-9-16)33-27(38)21-15-35(18-4-5-18)24-14-22(29)23(30)13-20(24)26(21)37/h2-3,6-7,13-16,18H,4-5,8-12H2,1H3,(H,33,38). The maximum atomic E-state index is 14.1. The Hall–Kier alpha value is -3.37. The van der Waals surface area contributed by atoms with E-state index in [4.69, 9.17) is 11.6 Å². The van der Waals surface area contributed by atoms with E-state index in [0.717, 1.165) is 18.9 Å². The topological polar surface area (TPSA) is 80.6 Å². The van der Waals surface area contributed by atoms with E-state index >= 15 is 0 Å². The van der Waals surface area contributed by atoms with Crippen LogP contribution in [0.1, 0.15) is 65.8 Å². The van der Waals surface area contributed by atoms with Gasteiger partial charge in [-0.3, -0.25) is 19.8 Å². The maximum Gasteiger partial charge on any atom is 0.394 e. The Morgan fingerprint density at radius 1 is 1.10 bits per heavy atom. The van der Waals surface area contributed by atoms with Crippen LogP contribution >= 0.6 is 11.6 Å². The van der Waals surface area contributed by atoms with Crippen molar-refractivity contribution in [2.75, 3.05) is 13.1 Å². The predicted octanol–water partition coefficient (Wildman–Crippen LogP) is 5.75. The van der Waals surface area contributed by atoms with E-state index in [1.165, 1.54) is 36.5 Å². The fourth-order valence-corrected chi connectivity index (χ4v) is 5.07. The lowest BCUT2D eigenvalue weighted by molar-refractivity contribution is -0.158. The van der Waals surface area contributed by atoms with Gasteiger partial charge in [-0.05, 0) is 68.0 Å². The van der Waals surface area contributed by atoms with Crippen molar-refractivity contribution < 1.29 is 27.5 Å². The van der Waals surface area contributed by atoms with E-state index in [2.05, 4.69) is 10.2 Å². The van der Waals surface area contributed by atoms with Crippen molar-refractivity contribution in [2.24, 2.45) is 5.92 Å². The van der Waals surface area contributed by atoms with Gasteiger partial charge in [0.2, 0.25) is 5.43 Å². The number of hydrogen-bond acceptors (Lipinski definition) is 5. The third-order valence-electron chi connectivity index (χ3n) is 7.08. The number of ether oxygens (including phenoxy) is 1. The van der Waals surface area contributed by atoms with E-state index < -0.39 is 23.3 Å². The number of carbonyl (C=O) groups is 2. The normalized spacial score (nSPS) is 16.8. The van der Waals surface area contributed by atoms with E-state index in [1.807, 2.05) is 4.57 Å². The first-order chi connectivity index (χ1) is 18.5. The van der Waals surface area contributed by atoms with Crippen molar-refractivity contribution in [2.45, 2.75) is 51.2 Å². The van der Waals surface area contributed by atoms with Crippen LogP contribution in [0.2, 0.25) is 5.02 Å². The Bertz CT molecular complexity index is 1470. The summed E-state index contributed by atoms with van der Waals surface area (Å²) < 4.78 is 46.4. The Balaban J connectivity index is 1.20. The van der Waals surface area contributed by atoms with E-state index in [9.17, 15) is 27.6 Å². The molecule has 0 unspecified atom stereocenters. The molecular weight excluding hydrogens is 535 g/mol. The minimum atomic E-state index is -3.30. The molecule has 0 spiro atoms. The Labute approximate surface area is 227 Å². The molecule has 3 aromatic rings. The summed E-state index contributed by atoms with van der Waals surface area (Å²) in [4.78, 5) is 38.9. The van der Waals surface area contributed by atoms with Crippen molar-refractivity contribution in [1.82, 2.24) is 15.0 Å². The zero-order valence-corrected chi connectivity index (χ0v) is 21.9. The number of nitrogens with zero attached hydrogens (tertiary/aromatic N) is 2. The lowest BCUT2D eigenvalue weighted by Crippen LogP contribution is -2.47. The van der Waals surface area contributed by atoms with Crippen LogP contribution in [0.25, 0.3) is 10.9 Å². The number of hydrogen-bond donors (Lipinski definition) is 1. The number of fused-ring (bicyclic) bond motifs is 1. The highest BCUT2D eigenvalue weighted by Crippen LogP contribution is 2.37. The van der Waals surface area contributed by atoms with E-state index in [-0.39, 0.29) is 45.9 Å². The van der Waals surface area contributed by atoms with Crippen molar-refractivity contribution in [1.29, 1.82) is 0 Å². The summed E-state index contributed by atoms with van der Waals surface area (Å²) in [5.74, 6) is -1.32. The van der Waals surface area contributed by atoms with Crippen LogP contribution in [-0.4, -0.2) is 40.5 Å². The summed E-state index contributed by atoms with van der Waals surface area (Å²) in [5.41, 5.74) is 3.07. The van der Waals surface area contributed by atoms with Gasteiger partial charge in [-0.15, -0.1) is 0 Å². The highest BCUT2D eigenvalue weighted by atomic mass is 35.5. The fraction of sp³-hybridized carbons (Fsp3) is 0.393. The second kappa shape index (κ2) is 10.7. The number of benzene rings is 2. The van der Waals surface area contributed by atoms with Crippen LogP contribution in [0, 0.1) is 11.7 Å². The van der Waals surface area contributed by atoms with Crippen molar-refractivity contribution in [3.63, 3.8) is 0 Å². The number of aromatic nitrogens is 1. The van der Waals surface area contributed by atoms with Crippen LogP contribution in [0.3, 0.4) is 0 Å². The molecule has 39 heavy (non-hydrogen) atoms. The Morgan fingerprint density at radius 2 is 1.77 bits per heavy atom. The zero-order chi connectivity index (χ0) is 27.9. The molecule has 0 bridgehead atoms. The number of piperidine rings is 1. The zero-order valence-electron chi connectivity index (χ0n) is 21.2. The van der Waals surface area contributed by atoms with Crippen LogP contribution in [0.5, 0.6) is 5.75 Å². The molecule has 5 rings (SSSR count). The monoisotopic (exact) mass is 561 g/mol. The molecule has 1 saturated heterocycles. The third kappa shape index (κ3) is 6.28. The number of halogens is 4. The highest BCUT2D eigenvalue weighted by molar-refractivity contribution is 6.31. The number of alkyl halides is 2.